The summed E-state index contributed by atoms with van der Waals surface area (Å²) in [5.41, 5.74) is 2.84. The molecule has 0 bridgehead atoms. The van der Waals surface area contributed by atoms with Crippen LogP contribution in [0.2, 0.25) is 0 Å². The molecule has 4 rings (SSSR count). The normalized spacial score (nSPS) is 16.0. The monoisotopic (exact) mass is 470 g/mol. The first-order chi connectivity index (χ1) is 15.3. The number of anilines is 2. The summed E-state index contributed by atoms with van der Waals surface area (Å²) in [4.78, 5) is 13.1. The third kappa shape index (κ3) is 4.09. The minimum Gasteiger partial charge on any atom is -0.497 e. The van der Waals surface area contributed by atoms with Crippen LogP contribution in [0.4, 0.5) is 11.4 Å². The van der Waals surface area contributed by atoms with Gasteiger partial charge in [0.1, 0.15) is 16.4 Å². The number of thiophene rings is 1. The summed E-state index contributed by atoms with van der Waals surface area (Å²) in [7, 11) is -1.04. The maximum absolute atomic E-state index is 13.5. The Hall–Kier alpha value is -3.30. The van der Waals surface area contributed by atoms with E-state index in [-0.39, 0.29) is 11.4 Å². The fraction of sp³-hybridized carbons (Fsp3) is 0.174. The number of ketones is 1. The standard InChI is InChI=1S/C23H22N2O5S2/c1-15-4-6-16(7-5-15)14-25-20-8-9-31-23(20)22(26)21(32(25,27)28)13-24-17-10-18(29-2)12-19(11-17)30-3/h4-13,24H,14H2,1-3H3. The first kappa shape index (κ1) is 21.9. The summed E-state index contributed by atoms with van der Waals surface area (Å²) in [5.74, 6) is 0.534. The molecule has 0 amide bonds. The van der Waals surface area contributed by atoms with E-state index in [1.807, 2.05) is 31.2 Å². The number of allylic oxidation sites excluding steroid dienone is 1. The van der Waals surface area contributed by atoms with Gasteiger partial charge in [-0.05, 0) is 23.9 Å². The second-order valence-electron chi connectivity index (χ2n) is 7.22. The Labute approximate surface area is 191 Å². The molecule has 0 aliphatic carbocycles. The lowest BCUT2D eigenvalue weighted by Crippen LogP contribution is -2.38. The molecule has 1 aliphatic heterocycles. The van der Waals surface area contributed by atoms with Gasteiger partial charge in [0.15, 0.2) is 4.91 Å². The van der Waals surface area contributed by atoms with Gasteiger partial charge in [-0.2, -0.15) is 0 Å². The molecule has 9 heteroatoms. The van der Waals surface area contributed by atoms with E-state index < -0.39 is 15.8 Å². The van der Waals surface area contributed by atoms with Crippen molar-refractivity contribution in [1.82, 2.24) is 0 Å². The molecular formula is C23H22N2O5S2. The van der Waals surface area contributed by atoms with E-state index in [2.05, 4.69) is 5.32 Å². The van der Waals surface area contributed by atoms with Crippen molar-refractivity contribution < 1.29 is 22.7 Å². The molecular weight excluding hydrogens is 448 g/mol. The highest BCUT2D eigenvalue weighted by Gasteiger charge is 2.41. The van der Waals surface area contributed by atoms with Crippen molar-refractivity contribution in [3.8, 4) is 11.5 Å². The second-order valence-corrected chi connectivity index (χ2v) is 9.96. The minimum atomic E-state index is -4.08. The van der Waals surface area contributed by atoms with Crippen LogP contribution in [0.5, 0.6) is 11.5 Å². The van der Waals surface area contributed by atoms with E-state index in [1.165, 1.54) is 36.1 Å². The number of carbonyl (C=O) groups excluding carboxylic acids is 1. The van der Waals surface area contributed by atoms with Gasteiger partial charge in [0, 0.05) is 30.1 Å². The number of rotatable bonds is 6. The first-order valence-electron chi connectivity index (χ1n) is 9.73. The number of nitrogens with one attached hydrogen (secondary N) is 1. The second kappa shape index (κ2) is 8.68. The molecule has 0 radical (unpaired) electrons. The van der Waals surface area contributed by atoms with Crippen LogP contribution in [0.15, 0.2) is 65.0 Å². The van der Waals surface area contributed by atoms with E-state index in [0.29, 0.717) is 27.8 Å². The molecule has 7 nitrogen and oxygen atoms in total. The van der Waals surface area contributed by atoms with Crippen LogP contribution >= 0.6 is 11.3 Å². The smallest absolute Gasteiger partial charge is 0.270 e. The van der Waals surface area contributed by atoms with Gasteiger partial charge in [-0.3, -0.25) is 9.10 Å². The fourth-order valence-electron chi connectivity index (χ4n) is 3.36. The van der Waals surface area contributed by atoms with Gasteiger partial charge in [-0.25, -0.2) is 8.42 Å². The van der Waals surface area contributed by atoms with Crippen LogP contribution < -0.4 is 19.1 Å². The Morgan fingerprint density at radius 2 is 1.69 bits per heavy atom. The zero-order chi connectivity index (χ0) is 22.9. The van der Waals surface area contributed by atoms with Crippen molar-refractivity contribution in [2.24, 2.45) is 0 Å². The Bertz CT molecular complexity index is 1270. The molecule has 2 heterocycles. The van der Waals surface area contributed by atoms with Gasteiger partial charge in [0.25, 0.3) is 10.0 Å². The molecule has 0 saturated carbocycles. The average molecular weight is 471 g/mol. The number of carbonyl (C=O) groups is 1. The van der Waals surface area contributed by atoms with E-state index in [4.69, 9.17) is 9.47 Å². The molecule has 1 aromatic heterocycles. The molecule has 0 fully saturated rings. The summed E-state index contributed by atoms with van der Waals surface area (Å²) in [6, 6.07) is 14.4. The summed E-state index contributed by atoms with van der Waals surface area (Å²) in [6.45, 7) is 2.10. The van der Waals surface area contributed by atoms with E-state index >= 15 is 0 Å². The minimum absolute atomic E-state index is 0.129. The molecule has 1 N–H and O–H groups in total. The molecule has 3 aromatic rings. The van der Waals surface area contributed by atoms with Crippen LogP contribution in [0, 0.1) is 6.92 Å². The summed E-state index contributed by atoms with van der Waals surface area (Å²) in [5, 5.41) is 4.65. The molecule has 1 aliphatic rings. The number of fused-ring (bicyclic) bond motifs is 1. The van der Waals surface area contributed by atoms with Crippen molar-refractivity contribution in [3.63, 3.8) is 0 Å². The Balaban J connectivity index is 1.73. The number of sulfonamides is 1. The van der Waals surface area contributed by atoms with Gasteiger partial charge in [0.05, 0.1) is 26.5 Å². The highest BCUT2D eigenvalue weighted by molar-refractivity contribution is 7.97. The van der Waals surface area contributed by atoms with Crippen LogP contribution in [0.25, 0.3) is 0 Å². The van der Waals surface area contributed by atoms with E-state index in [9.17, 15) is 13.2 Å². The molecule has 32 heavy (non-hydrogen) atoms. The number of methoxy groups -OCH3 is 2. The van der Waals surface area contributed by atoms with E-state index in [1.54, 1.807) is 29.6 Å². The van der Waals surface area contributed by atoms with Gasteiger partial charge in [0.2, 0.25) is 5.78 Å². The molecule has 0 atom stereocenters. The van der Waals surface area contributed by atoms with Crippen molar-refractivity contribution in [2.45, 2.75) is 13.5 Å². The third-order valence-electron chi connectivity index (χ3n) is 5.08. The maximum atomic E-state index is 13.5. The lowest BCUT2D eigenvalue weighted by atomic mass is 10.1. The number of Topliss-reactive ketones (excluding diaryl/α,β-unsaturated/α-hetero) is 1. The summed E-state index contributed by atoms with van der Waals surface area (Å²) >= 11 is 1.22. The fourth-order valence-corrected chi connectivity index (χ4v) is 5.84. The number of nitrogens with zero attached hydrogens (tertiary/aromatic N) is 1. The van der Waals surface area contributed by atoms with Gasteiger partial charge >= 0.3 is 0 Å². The van der Waals surface area contributed by atoms with Gasteiger partial charge in [-0.1, -0.05) is 29.8 Å². The zero-order valence-electron chi connectivity index (χ0n) is 17.8. The van der Waals surface area contributed by atoms with Gasteiger partial charge < -0.3 is 14.8 Å². The number of ether oxygens (including phenoxy) is 2. The van der Waals surface area contributed by atoms with Crippen LogP contribution in [-0.2, 0) is 16.6 Å². The number of benzene rings is 2. The predicted octanol–water partition coefficient (Wildman–Crippen LogP) is 4.56. The van der Waals surface area contributed by atoms with Crippen molar-refractivity contribution in [1.29, 1.82) is 0 Å². The Kier molecular flexibility index (Phi) is 5.94. The summed E-state index contributed by atoms with van der Waals surface area (Å²) in [6.07, 6.45) is 1.23. The lowest BCUT2D eigenvalue weighted by molar-refractivity contribution is 0.104. The number of hydrogen-bond acceptors (Lipinski definition) is 7. The number of hydrogen-bond donors (Lipinski definition) is 1. The predicted molar refractivity (Wildman–Crippen MR) is 126 cm³/mol. The quantitative estimate of drug-likeness (QED) is 0.532. The summed E-state index contributed by atoms with van der Waals surface area (Å²) < 4.78 is 38.7. The third-order valence-corrected chi connectivity index (χ3v) is 7.75. The molecule has 0 spiro atoms. The molecule has 166 valence electrons. The largest absolute Gasteiger partial charge is 0.497 e. The van der Waals surface area contributed by atoms with Gasteiger partial charge in [-0.15, -0.1) is 11.3 Å². The SMILES string of the molecule is COc1cc(NC=C2C(=O)c3sccc3N(Cc3ccc(C)cc3)S2(=O)=O)cc(OC)c1. The Morgan fingerprint density at radius 3 is 2.31 bits per heavy atom. The topological polar surface area (TPSA) is 84.9 Å². The average Bonchev–Trinajstić information content (AvgIpc) is 3.27. The van der Waals surface area contributed by atoms with Crippen LogP contribution in [0.1, 0.15) is 20.8 Å². The number of aryl methyl sites for hydroxylation is 1. The lowest BCUT2D eigenvalue weighted by Gasteiger charge is -2.29. The highest BCUT2D eigenvalue weighted by Crippen LogP contribution is 2.39. The van der Waals surface area contributed by atoms with E-state index in [0.717, 1.165) is 11.1 Å². The van der Waals surface area contributed by atoms with Crippen molar-refractivity contribution >= 4 is 38.5 Å². The van der Waals surface area contributed by atoms with Crippen LogP contribution in [0.3, 0.4) is 0 Å². The van der Waals surface area contributed by atoms with Crippen LogP contribution in [-0.4, -0.2) is 28.4 Å². The highest BCUT2D eigenvalue weighted by atomic mass is 32.2. The molecule has 0 unspecified atom stereocenters. The van der Waals surface area contributed by atoms with Crippen molar-refractivity contribution in [3.05, 3.63) is 81.0 Å². The van der Waals surface area contributed by atoms with Crippen molar-refractivity contribution in [2.75, 3.05) is 23.8 Å². The molecule has 0 saturated heterocycles. The Morgan fingerprint density at radius 1 is 1.03 bits per heavy atom. The molecule has 2 aromatic carbocycles. The first-order valence-corrected chi connectivity index (χ1v) is 12.1. The maximum Gasteiger partial charge on any atom is 0.270 e. The zero-order valence-corrected chi connectivity index (χ0v) is 19.4.